The van der Waals surface area contributed by atoms with Crippen molar-refractivity contribution in [3.63, 3.8) is 0 Å². The third-order valence-corrected chi connectivity index (χ3v) is 6.72. The number of amides is 1. The van der Waals surface area contributed by atoms with Gasteiger partial charge in [-0.3, -0.25) is 9.36 Å². The van der Waals surface area contributed by atoms with E-state index < -0.39 is 0 Å². The van der Waals surface area contributed by atoms with Crippen LogP contribution in [-0.2, 0) is 11.3 Å². The smallest absolute Gasteiger partial charge is 0.230 e. The minimum Gasteiger partial charge on any atom is -0.453 e. The molecule has 3 aromatic rings. The average molecular weight is 445 g/mol. The summed E-state index contributed by atoms with van der Waals surface area (Å²) < 4.78 is 7.85. The highest BCUT2D eigenvalue weighted by atomic mass is 35.5. The lowest BCUT2D eigenvalue weighted by Crippen LogP contribution is -2.41. The van der Waals surface area contributed by atoms with E-state index in [0.717, 1.165) is 17.4 Å². The maximum Gasteiger partial charge on any atom is 0.230 e. The summed E-state index contributed by atoms with van der Waals surface area (Å²) in [7, 11) is 0. The predicted octanol–water partition coefficient (Wildman–Crippen LogP) is 5.32. The van der Waals surface area contributed by atoms with Gasteiger partial charge in [0, 0.05) is 23.0 Å². The Kier molecular flexibility index (Phi) is 6.49. The fourth-order valence-corrected chi connectivity index (χ4v) is 4.84. The van der Waals surface area contributed by atoms with E-state index in [-0.39, 0.29) is 11.9 Å². The summed E-state index contributed by atoms with van der Waals surface area (Å²) in [5.74, 6) is 2.07. The Bertz CT molecular complexity index is 1060. The normalized spacial score (nSPS) is 19.1. The van der Waals surface area contributed by atoms with Gasteiger partial charge in [-0.2, -0.15) is 0 Å². The van der Waals surface area contributed by atoms with Gasteiger partial charge in [0.15, 0.2) is 10.9 Å². The number of hydrogen-bond acceptors (Lipinski definition) is 5. The fourth-order valence-electron chi connectivity index (χ4n) is 3.91. The number of aromatic nitrogens is 3. The standard InChI is InChI=1S/C22H25ClN4O2S/c1-3-10-27-21(19-12-15-11-16(23)8-9-18(15)29-19)25-26-22(27)30-13-20(28)24-17-7-5-4-6-14(17)2/h3,8-9,11-12,14,17H,1,4-7,10,13H2,2H3,(H,24,28)/t14-,17-/m0/s1. The summed E-state index contributed by atoms with van der Waals surface area (Å²) in [6, 6.07) is 7.65. The number of benzene rings is 1. The van der Waals surface area contributed by atoms with Gasteiger partial charge in [-0.15, -0.1) is 16.8 Å². The topological polar surface area (TPSA) is 73.0 Å². The van der Waals surface area contributed by atoms with Crippen molar-refractivity contribution < 1.29 is 9.21 Å². The SMILES string of the molecule is C=CCn1c(SCC(=O)N[C@H]2CCCC[C@@H]2C)nnc1-c1cc2cc(Cl)ccc2o1. The fraction of sp³-hybridized carbons (Fsp3) is 0.409. The van der Waals surface area contributed by atoms with Gasteiger partial charge < -0.3 is 9.73 Å². The number of fused-ring (bicyclic) bond motifs is 1. The van der Waals surface area contributed by atoms with Crippen molar-refractivity contribution in [1.29, 1.82) is 0 Å². The number of thioether (sulfide) groups is 1. The van der Waals surface area contributed by atoms with Gasteiger partial charge in [0.05, 0.1) is 5.75 Å². The minimum atomic E-state index is 0.0341. The van der Waals surface area contributed by atoms with Gasteiger partial charge in [-0.1, -0.05) is 49.2 Å². The molecule has 1 saturated carbocycles. The molecule has 2 heterocycles. The molecular weight excluding hydrogens is 420 g/mol. The lowest BCUT2D eigenvalue weighted by Gasteiger charge is -2.29. The summed E-state index contributed by atoms with van der Waals surface area (Å²) >= 11 is 7.46. The molecule has 0 bridgehead atoms. The van der Waals surface area contributed by atoms with Crippen LogP contribution >= 0.6 is 23.4 Å². The van der Waals surface area contributed by atoms with Crippen LogP contribution in [0.25, 0.3) is 22.6 Å². The van der Waals surface area contributed by atoms with Crippen LogP contribution in [0.5, 0.6) is 0 Å². The zero-order valence-electron chi connectivity index (χ0n) is 16.9. The van der Waals surface area contributed by atoms with Crippen LogP contribution in [0, 0.1) is 5.92 Å². The predicted molar refractivity (Wildman–Crippen MR) is 121 cm³/mol. The van der Waals surface area contributed by atoms with Crippen molar-refractivity contribution >= 4 is 40.2 Å². The molecule has 30 heavy (non-hydrogen) atoms. The van der Waals surface area contributed by atoms with Gasteiger partial charge >= 0.3 is 0 Å². The molecule has 158 valence electrons. The second-order valence-electron chi connectivity index (χ2n) is 7.72. The van der Waals surface area contributed by atoms with Crippen molar-refractivity contribution in [2.24, 2.45) is 5.92 Å². The lowest BCUT2D eigenvalue weighted by atomic mass is 9.86. The van der Waals surface area contributed by atoms with E-state index in [2.05, 4.69) is 29.0 Å². The maximum absolute atomic E-state index is 12.5. The molecule has 1 N–H and O–H groups in total. The van der Waals surface area contributed by atoms with Gasteiger partial charge in [0.25, 0.3) is 0 Å². The molecule has 1 amide bonds. The molecule has 1 aliphatic rings. The number of allylic oxidation sites excluding steroid dienone is 1. The monoisotopic (exact) mass is 444 g/mol. The summed E-state index contributed by atoms with van der Waals surface area (Å²) in [5.41, 5.74) is 0.734. The van der Waals surface area contributed by atoms with Crippen molar-refractivity contribution in [2.45, 2.75) is 50.4 Å². The third kappa shape index (κ3) is 4.57. The van der Waals surface area contributed by atoms with Crippen molar-refractivity contribution in [3.8, 4) is 11.6 Å². The zero-order chi connectivity index (χ0) is 21.1. The molecule has 0 unspecified atom stereocenters. The van der Waals surface area contributed by atoms with Gasteiger partial charge in [0.2, 0.25) is 11.7 Å². The van der Waals surface area contributed by atoms with E-state index >= 15 is 0 Å². The molecule has 6 nitrogen and oxygen atoms in total. The molecule has 1 fully saturated rings. The van der Waals surface area contributed by atoms with Crippen LogP contribution in [0.3, 0.4) is 0 Å². The number of nitrogens with zero attached hydrogens (tertiary/aromatic N) is 3. The van der Waals surface area contributed by atoms with Crippen LogP contribution in [0.2, 0.25) is 5.02 Å². The molecule has 2 aromatic heterocycles. The van der Waals surface area contributed by atoms with Crippen LogP contribution < -0.4 is 5.32 Å². The van der Waals surface area contributed by atoms with E-state index in [0.29, 0.717) is 40.0 Å². The summed E-state index contributed by atoms with van der Waals surface area (Å²) in [5, 5.41) is 14.0. The summed E-state index contributed by atoms with van der Waals surface area (Å²) in [4.78, 5) is 12.5. The first kappa shape index (κ1) is 21.0. The molecule has 2 atom stereocenters. The van der Waals surface area contributed by atoms with E-state index in [9.17, 15) is 4.79 Å². The Morgan fingerprint density at radius 3 is 3.00 bits per heavy atom. The Morgan fingerprint density at radius 2 is 2.20 bits per heavy atom. The third-order valence-electron chi connectivity index (χ3n) is 5.52. The first-order valence-corrected chi connectivity index (χ1v) is 11.6. The van der Waals surface area contributed by atoms with Crippen LogP contribution in [0.1, 0.15) is 32.6 Å². The minimum absolute atomic E-state index is 0.0341. The molecule has 1 aromatic carbocycles. The molecule has 0 spiro atoms. The molecule has 0 radical (unpaired) electrons. The van der Waals surface area contributed by atoms with E-state index in [1.807, 2.05) is 22.8 Å². The second-order valence-corrected chi connectivity index (χ2v) is 9.10. The number of carbonyl (C=O) groups excluding carboxylic acids is 1. The Balaban J connectivity index is 1.49. The highest BCUT2D eigenvalue weighted by molar-refractivity contribution is 7.99. The average Bonchev–Trinajstić information content (AvgIpc) is 3.32. The number of carbonyl (C=O) groups is 1. The van der Waals surface area contributed by atoms with Gasteiger partial charge in [-0.25, -0.2) is 0 Å². The summed E-state index contributed by atoms with van der Waals surface area (Å²) in [6.07, 6.45) is 6.45. The molecule has 1 aliphatic carbocycles. The van der Waals surface area contributed by atoms with E-state index in [1.165, 1.54) is 31.0 Å². The van der Waals surface area contributed by atoms with Gasteiger partial charge in [0.1, 0.15) is 5.58 Å². The highest BCUT2D eigenvalue weighted by Gasteiger charge is 2.23. The van der Waals surface area contributed by atoms with E-state index in [4.69, 9.17) is 16.0 Å². The Hall–Kier alpha value is -2.25. The van der Waals surface area contributed by atoms with Crippen molar-refractivity contribution in [2.75, 3.05) is 5.75 Å². The number of halogens is 1. The Labute approximate surface area is 185 Å². The number of nitrogens with one attached hydrogen (secondary N) is 1. The quantitative estimate of drug-likeness (QED) is 0.394. The van der Waals surface area contributed by atoms with Crippen LogP contribution in [0.15, 0.2) is 46.5 Å². The first-order chi connectivity index (χ1) is 14.5. The van der Waals surface area contributed by atoms with E-state index in [1.54, 1.807) is 12.1 Å². The molecule has 4 rings (SSSR count). The number of rotatable bonds is 7. The Morgan fingerprint density at radius 1 is 1.37 bits per heavy atom. The number of hydrogen-bond donors (Lipinski definition) is 1. The molecule has 0 saturated heterocycles. The molecule has 8 heteroatoms. The number of furan rings is 1. The van der Waals surface area contributed by atoms with Gasteiger partial charge in [-0.05, 0) is 43.0 Å². The zero-order valence-corrected chi connectivity index (χ0v) is 18.5. The maximum atomic E-state index is 12.5. The largest absolute Gasteiger partial charge is 0.453 e. The van der Waals surface area contributed by atoms with Crippen molar-refractivity contribution in [1.82, 2.24) is 20.1 Å². The van der Waals surface area contributed by atoms with Crippen LogP contribution in [0.4, 0.5) is 0 Å². The molecule has 0 aliphatic heterocycles. The lowest BCUT2D eigenvalue weighted by molar-refractivity contribution is -0.119. The highest BCUT2D eigenvalue weighted by Crippen LogP contribution is 2.31. The summed E-state index contributed by atoms with van der Waals surface area (Å²) in [6.45, 7) is 6.56. The van der Waals surface area contributed by atoms with Crippen LogP contribution in [-0.4, -0.2) is 32.5 Å². The second kappa shape index (κ2) is 9.27. The molecular formula is C22H25ClN4O2S. The first-order valence-electron chi connectivity index (χ1n) is 10.2. The van der Waals surface area contributed by atoms with Crippen molar-refractivity contribution in [3.05, 3.63) is 41.9 Å².